The highest BCUT2D eigenvalue weighted by Gasteiger charge is 2.19. The van der Waals surface area contributed by atoms with Gasteiger partial charge in [0, 0.05) is 6.54 Å². The molecule has 4 heteroatoms. The van der Waals surface area contributed by atoms with E-state index < -0.39 is 6.10 Å². The molecule has 2 atom stereocenters. The quantitative estimate of drug-likeness (QED) is 0.820. The summed E-state index contributed by atoms with van der Waals surface area (Å²) in [4.78, 5) is 11.4. The first-order valence-electron chi connectivity index (χ1n) is 5.67. The molecule has 0 saturated carbocycles. The lowest BCUT2D eigenvalue weighted by Crippen LogP contribution is -2.36. The van der Waals surface area contributed by atoms with Crippen LogP contribution in [0.5, 0.6) is 0 Å². The molecule has 17 heavy (non-hydrogen) atoms. The molecule has 1 rings (SSSR count). The first-order valence-corrected chi connectivity index (χ1v) is 6.58. The maximum absolute atomic E-state index is 11.7. The van der Waals surface area contributed by atoms with Gasteiger partial charge in [-0.15, -0.1) is 0 Å². The lowest BCUT2D eigenvalue weighted by molar-refractivity contribution is -0.121. The number of hydrogen-bond acceptors (Lipinski definition) is 2. The molecule has 3 nitrogen and oxygen atoms in total. The van der Waals surface area contributed by atoms with Gasteiger partial charge < -0.3 is 10.4 Å². The normalized spacial score (nSPS) is 14.4. The molecule has 0 saturated heterocycles. The fraction of sp³-hybridized carbons (Fsp3) is 0.462. The molecule has 2 unspecified atom stereocenters. The number of carbonyl (C=O) groups excluding carboxylic acids is 1. The van der Waals surface area contributed by atoms with Crippen molar-refractivity contribution < 1.29 is 9.90 Å². The van der Waals surface area contributed by atoms with Crippen molar-refractivity contribution in [1.29, 1.82) is 0 Å². The molecular formula is C13H18BrNO2. The van der Waals surface area contributed by atoms with Crippen molar-refractivity contribution in [2.45, 2.75) is 24.8 Å². The van der Waals surface area contributed by atoms with E-state index in [1.807, 2.05) is 44.2 Å². The Morgan fingerprint density at radius 3 is 2.47 bits per heavy atom. The number of aliphatic hydroxyl groups is 1. The Morgan fingerprint density at radius 2 is 1.94 bits per heavy atom. The number of nitrogens with one attached hydrogen (secondary N) is 1. The van der Waals surface area contributed by atoms with Gasteiger partial charge in [-0.25, -0.2) is 0 Å². The standard InChI is InChI=1S/C13H18BrNO2/c1-9(2)12(14)13(17)15-8-11(16)10-6-4-3-5-7-10/h3-7,9,11-12,16H,8H2,1-2H3,(H,15,17). The predicted molar refractivity (Wildman–Crippen MR) is 72.0 cm³/mol. The molecule has 2 N–H and O–H groups in total. The van der Waals surface area contributed by atoms with E-state index in [0.717, 1.165) is 5.56 Å². The van der Waals surface area contributed by atoms with Gasteiger partial charge in [-0.3, -0.25) is 4.79 Å². The zero-order chi connectivity index (χ0) is 12.8. The van der Waals surface area contributed by atoms with Gasteiger partial charge in [-0.2, -0.15) is 0 Å². The Labute approximate surface area is 110 Å². The molecule has 94 valence electrons. The minimum atomic E-state index is -0.660. The zero-order valence-corrected chi connectivity index (χ0v) is 11.6. The SMILES string of the molecule is CC(C)C(Br)C(=O)NCC(O)c1ccccc1. The highest BCUT2D eigenvalue weighted by Crippen LogP contribution is 2.13. The third-order valence-electron chi connectivity index (χ3n) is 2.49. The number of amides is 1. The number of halogens is 1. The van der Waals surface area contributed by atoms with E-state index in [2.05, 4.69) is 21.2 Å². The van der Waals surface area contributed by atoms with Crippen molar-refractivity contribution in [3.05, 3.63) is 35.9 Å². The molecule has 1 aromatic rings. The molecule has 0 spiro atoms. The Kier molecular flexibility index (Phi) is 5.65. The lowest BCUT2D eigenvalue weighted by Gasteiger charge is -2.16. The number of hydrogen-bond donors (Lipinski definition) is 2. The second-order valence-electron chi connectivity index (χ2n) is 4.32. The molecule has 1 aromatic carbocycles. The van der Waals surface area contributed by atoms with E-state index in [1.54, 1.807) is 0 Å². The summed E-state index contributed by atoms with van der Waals surface area (Å²) in [6.45, 7) is 4.16. The lowest BCUT2D eigenvalue weighted by atomic mass is 10.1. The summed E-state index contributed by atoms with van der Waals surface area (Å²) in [6.07, 6.45) is -0.660. The molecule has 0 aromatic heterocycles. The van der Waals surface area contributed by atoms with Crippen LogP contribution < -0.4 is 5.32 Å². The molecule has 0 aliphatic rings. The van der Waals surface area contributed by atoms with Gasteiger partial charge in [0.15, 0.2) is 0 Å². The van der Waals surface area contributed by atoms with Gasteiger partial charge in [0.2, 0.25) is 5.91 Å². The van der Waals surface area contributed by atoms with Gasteiger partial charge in [0.25, 0.3) is 0 Å². The van der Waals surface area contributed by atoms with Crippen LogP contribution in [0.2, 0.25) is 0 Å². The summed E-state index contributed by atoms with van der Waals surface area (Å²) in [5.74, 6) is 0.138. The topological polar surface area (TPSA) is 49.3 Å². The largest absolute Gasteiger partial charge is 0.387 e. The molecule has 0 bridgehead atoms. The Balaban J connectivity index is 2.44. The van der Waals surface area contributed by atoms with Crippen LogP contribution in [0, 0.1) is 5.92 Å². The van der Waals surface area contributed by atoms with Crippen LogP contribution in [0.1, 0.15) is 25.5 Å². The maximum Gasteiger partial charge on any atom is 0.234 e. The predicted octanol–water partition coefficient (Wildman–Crippen LogP) is 2.26. The molecule has 0 fully saturated rings. The van der Waals surface area contributed by atoms with E-state index >= 15 is 0 Å². The molecular weight excluding hydrogens is 282 g/mol. The van der Waals surface area contributed by atoms with E-state index in [-0.39, 0.29) is 23.2 Å². The van der Waals surface area contributed by atoms with E-state index in [1.165, 1.54) is 0 Å². The first-order chi connectivity index (χ1) is 8.02. The minimum Gasteiger partial charge on any atom is -0.387 e. The summed E-state index contributed by atoms with van der Waals surface area (Å²) in [5, 5.41) is 12.6. The highest BCUT2D eigenvalue weighted by molar-refractivity contribution is 9.10. The maximum atomic E-state index is 11.7. The van der Waals surface area contributed by atoms with Crippen LogP contribution in [-0.2, 0) is 4.79 Å². The van der Waals surface area contributed by atoms with Gasteiger partial charge in [-0.05, 0) is 11.5 Å². The van der Waals surface area contributed by atoms with Crippen LogP contribution in [0.15, 0.2) is 30.3 Å². The zero-order valence-electron chi connectivity index (χ0n) is 10.1. The van der Waals surface area contributed by atoms with Crippen molar-refractivity contribution in [1.82, 2.24) is 5.32 Å². The highest BCUT2D eigenvalue weighted by atomic mass is 79.9. The summed E-state index contributed by atoms with van der Waals surface area (Å²) in [7, 11) is 0. The summed E-state index contributed by atoms with van der Waals surface area (Å²) in [5.41, 5.74) is 0.809. The van der Waals surface area contributed by atoms with Crippen LogP contribution >= 0.6 is 15.9 Å². The third-order valence-corrected chi connectivity index (χ3v) is 3.96. The average Bonchev–Trinajstić information content (AvgIpc) is 2.35. The van der Waals surface area contributed by atoms with Gasteiger partial charge in [0.05, 0.1) is 10.9 Å². The van der Waals surface area contributed by atoms with Gasteiger partial charge in [-0.1, -0.05) is 60.1 Å². The van der Waals surface area contributed by atoms with Crippen LogP contribution in [0.4, 0.5) is 0 Å². The molecule has 0 heterocycles. The fourth-order valence-corrected chi connectivity index (χ4v) is 1.55. The van der Waals surface area contributed by atoms with Crippen molar-refractivity contribution >= 4 is 21.8 Å². The average molecular weight is 300 g/mol. The van der Waals surface area contributed by atoms with Gasteiger partial charge in [0.1, 0.15) is 0 Å². The summed E-state index contributed by atoms with van der Waals surface area (Å²) >= 11 is 3.32. The fourth-order valence-electron chi connectivity index (χ4n) is 1.39. The minimum absolute atomic E-state index is 0.0880. The number of aliphatic hydroxyl groups excluding tert-OH is 1. The molecule has 1 amide bonds. The van der Waals surface area contributed by atoms with Crippen LogP contribution in [0.25, 0.3) is 0 Å². The van der Waals surface area contributed by atoms with Crippen LogP contribution in [-0.4, -0.2) is 22.4 Å². The number of alkyl halides is 1. The van der Waals surface area contributed by atoms with Crippen LogP contribution in [0.3, 0.4) is 0 Å². The second kappa shape index (κ2) is 6.77. The van der Waals surface area contributed by atoms with E-state index in [0.29, 0.717) is 0 Å². The first kappa shape index (κ1) is 14.2. The monoisotopic (exact) mass is 299 g/mol. The Hall–Kier alpha value is -0.870. The van der Waals surface area contributed by atoms with Gasteiger partial charge >= 0.3 is 0 Å². The summed E-state index contributed by atoms with van der Waals surface area (Å²) < 4.78 is 0. The summed E-state index contributed by atoms with van der Waals surface area (Å²) in [6, 6.07) is 9.29. The number of carbonyl (C=O) groups is 1. The van der Waals surface area contributed by atoms with Crippen molar-refractivity contribution in [3.63, 3.8) is 0 Å². The molecule has 0 aliphatic carbocycles. The smallest absolute Gasteiger partial charge is 0.234 e. The Morgan fingerprint density at radius 1 is 1.35 bits per heavy atom. The molecule has 0 radical (unpaired) electrons. The van der Waals surface area contributed by atoms with Crippen molar-refractivity contribution in [2.75, 3.05) is 6.54 Å². The van der Waals surface area contributed by atoms with E-state index in [4.69, 9.17) is 0 Å². The third kappa shape index (κ3) is 4.48. The number of rotatable bonds is 5. The second-order valence-corrected chi connectivity index (χ2v) is 5.30. The number of benzene rings is 1. The van der Waals surface area contributed by atoms with Crippen molar-refractivity contribution in [3.8, 4) is 0 Å². The molecule has 0 aliphatic heterocycles. The Bertz CT molecular complexity index is 354. The van der Waals surface area contributed by atoms with Crippen molar-refractivity contribution in [2.24, 2.45) is 5.92 Å². The van der Waals surface area contributed by atoms with E-state index in [9.17, 15) is 9.90 Å².